The average molecular weight is 531 g/mol. The van der Waals surface area contributed by atoms with Crippen LogP contribution < -0.4 is 5.32 Å². The van der Waals surface area contributed by atoms with Crippen molar-refractivity contribution in [3.05, 3.63) is 106 Å². The lowest BCUT2D eigenvalue weighted by Crippen LogP contribution is -2.21. The zero-order valence-electron chi connectivity index (χ0n) is 23.2. The van der Waals surface area contributed by atoms with Gasteiger partial charge in [-0.2, -0.15) is 0 Å². The predicted octanol–water partition coefficient (Wildman–Crippen LogP) is 7.73. The van der Waals surface area contributed by atoms with Gasteiger partial charge in [0.15, 0.2) is 5.78 Å². The number of carbonyl (C=O) groups is 2. The molecule has 200 valence electrons. The van der Waals surface area contributed by atoms with E-state index in [2.05, 4.69) is 55.9 Å². The molecular weight excluding hydrogens is 492 g/mol. The lowest BCUT2D eigenvalue weighted by molar-refractivity contribution is -0.119. The highest BCUT2D eigenvalue weighted by Gasteiger charge is 2.23. The Bertz CT molecular complexity index is 1280. The van der Waals surface area contributed by atoms with E-state index in [9.17, 15) is 9.59 Å². The summed E-state index contributed by atoms with van der Waals surface area (Å²) in [7, 11) is 0. The number of hydrogen-bond donors (Lipinski definition) is 1. The molecule has 3 aromatic rings. The molecule has 0 bridgehead atoms. The van der Waals surface area contributed by atoms with Gasteiger partial charge in [-0.3, -0.25) is 14.6 Å². The second-order valence-electron chi connectivity index (χ2n) is 10.5. The van der Waals surface area contributed by atoms with Crippen molar-refractivity contribution in [2.45, 2.75) is 66.3 Å². The number of pyridine rings is 1. The number of nitrogens with zero attached hydrogens (tertiary/aromatic N) is 1. The molecule has 1 aromatic heterocycles. The van der Waals surface area contributed by atoms with Gasteiger partial charge in [-0.1, -0.05) is 82.3 Å². The van der Waals surface area contributed by atoms with Gasteiger partial charge in [0, 0.05) is 42.4 Å². The molecule has 0 radical (unpaired) electrons. The summed E-state index contributed by atoms with van der Waals surface area (Å²) in [6.45, 7) is 14.5. The van der Waals surface area contributed by atoms with E-state index in [4.69, 9.17) is 11.6 Å². The number of hydrogen-bond acceptors (Lipinski definition) is 3. The highest BCUT2D eigenvalue weighted by atomic mass is 35.5. The number of halogens is 1. The lowest BCUT2D eigenvalue weighted by atomic mass is 9.83. The first-order chi connectivity index (χ1) is 18.1. The molecule has 0 aliphatic heterocycles. The molecule has 4 nitrogen and oxygen atoms in total. The van der Waals surface area contributed by atoms with Gasteiger partial charge in [0.2, 0.25) is 5.91 Å². The summed E-state index contributed by atoms with van der Waals surface area (Å²) in [4.78, 5) is 28.9. The number of benzene rings is 2. The fourth-order valence-corrected chi connectivity index (χ4v) is 4.80. The lowest BCUT2D eigenvalue weighted by Gasteiger charge is -2.21. The SMILES string of the molecule is C=C(Cl)c1cc(CC(C)C(C)C(=O)c2cncc(Cc3ccc(CNC(C)=O)cc3)c2)ccc1C(C)CC. The summed E-state index contributed by atoms with van der Waals surface area (Å²) >= 11 is 6.35. The summed E-state index contributed by atoms with van der Waals surface area (Å²) in [6.07, 6.45) is 5.99. The van der Waals surface area contributed by atoms with Crippen molar-refractivity contribution >= 4 is 28.3 Å². The first-order valence-electron chi connectivity index (χ1n) is 13.4. The molecule has 1 N–H and O–H groups in total. The molecule has 3 unspecified atom stereocenters. The Morgan fingerprint density at radius 2 is 1.61 bits per heavy atom. The Labute approximate surface area is 232 Å². The normalized spacial score (nSPS) is 13.4. The van der Waals surface area contributed by atoms with E-state index >= 15 is 0 Å². The van der Waals surface area contributed by atoms with Gasteiger partial charge in [-0.15, -0.1) is 0 Å². The van der Waals surface area contributed by atoms with E-state index in [1.807, 2.05) is 43.5 Å². The summed E-state index contributed by atoms with van der Waals surface area (Å²) in [5.74, 6) is 0.463. The Morgan fingerprint density at radius 3 is 2.24 bits per heavy atom. The molecule has 0 aliphatic rings. The van der Waals surface area contributed by atoms with Gasteiger partial charge in [0.25, 0.3) is 0 Å². The first kappa shape index (κ1) is 29.3. The van der Waals surface area contributed by atoms with E-state index in [1.54, 1.807) is 6.20 Å². The third-order valence-electron chi connectivity index (χ3n) is 7.43. The molecule has 2 aromatic carbocycles. The van der Waals surface area contributed by atoms with Gasteiger partial charge in [-0.05, 0) is 76.6 Å². The Kier molecular flexibility index (Phi) is 10.4. The van der Waals surface area contributed by atoms with E-state index in [0.29, 0.717) is 29.5 Å². The molecule has 5 heteroatoms. The maximum atomic E-state index is 13.4. The maximum absolute atomic E-state index is 13.4. The number of nitrogens with one attached hydrogen (secondary N) is 1. The van der Waals surface area contributed by atoms with Gasteiger partial charge >= 0.3 is 0 Å². The van der Waals surface area contributed by atoms with Crippen molar-refractivity contribution in [1.29, 1.82) is 0 Å². The number of Topliss-reactive ketones (excluding diaryl/α,β-unsaturated/α-hetero) is 1. The van der Waals surface area contributed by atoms with Crippen LogP contribution >= 0.6 is 11.6 Å². The molecule has 0 fully saturated rings. The van der Waals surface area contributed by atoms with E-state index in [-0.39, 0.29) is 23.5 Å². The summed E-state index contributed by atoms with van der Waals surface area (Å²) in [6, 6.07) is 16.5. The summed E-state index contributed by atoms with van der Waals surface area (Å²) in [5.41, 5.74) is 7.20. The largest absolute Gasteiger partial charge is 0.352 e. The molecule has 0 aliphatic carbocycles. The minimum absolute atomic E-state index is 0.0457. The number of ketones is 1. The molecule has 0 spiro atoms. The zero-order chi connectivity index (χ0) is 27.8. The Morgan fingerprint density at radius 1 is 0.947 bits per heavy atom. The van der Waals surface area contributed by atoms with Crippen LogP contribution in [0.15, 0.2) is 67.5 Å². The van der Waals surface area contributed by atoms with Gasteiger partial charge in [0.05, 0.1) is 0 Å². The van der Waals surface area contributed by atoms with Crippen LogP contribution in [0.25, 0.3) is 5.03 Å². The Balaban J connectivity index is 1.68. The van der Waals surface area contributed by atoms with Gasteiger partial charge in [0.1, 0.15) is 0 Å². The Hall–Kier alpha value is -3.24. The fraction of sp³-hybridized carbons (Fsp3) is 0.364. The van der Waals surface area contributed by atoms with Crippen LogP contribution in [0, 0.1) is 11.8 Å². The van der Waals surface area contributed by atoms with Crippen molar-refractivity contribution in [3.63, 3.8) is 0 Å². The summed E-state index contributed by atoms with van der Waals surface area (Å²) < 4.78 is 0. The number of carbonyl (C=O) groups excluding carboxylic acids is 2. The minimum atomic E-state index is -0.156. The van der Waals surface area contributed by atoms with E-state index in [1.165, 1.54) is 12.5 Å². The van der Waals surface area contributed by atoms with Crippen molar-refractivity contribution in [2.24, 2.45) is 11.8 Å². The van der Waals surface area contributed by atoms with Gasteiger partial charge < -0.3 is 5.32 Å². The molecule has 1 amide bonds. The molecule has 1 heterocycles. The third kappa shape index (κ3) is 7.88. The second-order valence-corrected chi connectivity index (χ2v) is 10.9. The van der Waals surface area contributed by atoms with Crippen molar-refractivity contribution < 1.29 is 9.59 Å². The van der Waals surface area contributed by atoms with Crippen LogP contribution in [0.2, 0.25) is 0 Å². The maximum Gasteiger partial charge on any atom is 0.217 e. The minimum Gasteiger partial charge on any atom is -0.352 e. The number of rotatable bonds is 12. The van der Waals surface area contributed by atoms with Crippen molar-refractivity contribution in [1.82, 2.24) is 10.3 Å². The first-order valence-corrected chi connectivity index (χ1v) is 13.7. The monoisotopic (exact) mass is 530 g/mol. The molecule has 3 rings (SSSR count). The van der Waals surface area contributed by atoms with Crippen molar-refractivity contribution in [2.75, 3.05) is 0 Å². The van der Waals surface area contributed by atoms with E-state index in [0.717, 1.165) is 40.7 Å². The highest BCUT2D eigenvalue weighted by molar-refractivity contribution is 6.48. The third-order valence-corrected chi connectivity index (χ3v) is 7.63. The van der Waals surface area contributed by atoms with Crippen LogP contribution in [0.3, 0.4) is 0 Å². The number of amides is 1. The molecule has 0 saturated carbocycles. The van der Waals surface area contributed by atoms with Crippen LogP contribution in [-0.2, 0) is 24.2 Å². The van der Waals surface area contributed by atoms with Crippen LogP contribution in [0.4, 0.5) is 0 Å². The summed E-state index contributed by atoms with van der Waals surface area (Å²) in [5, 5.41) is 3.37. The van der Waals surface area contributed by atoms with Crippen LogP contribution in [0.5, 0.6) is 0 Å². The predicted molar refractivity (Wildman–Crippen MR) is 157 cm³/mol. The number of aromatic nitrogens is 1. The standard InChI is InChI=1S/C33H39ClN2O2/c1-7-21(2)31-13-12-28(17-32(31)24(5)34)14-22(3)23(4)33(38)30-16-29(18-35-20-30)15-26-8-10-27(11-9-26)19-36-25(6)37/h8-13,16-18,20-23H,5,7,14-15,19H2,1-4,6H3,(H,36,37). The van der Waals surface area contributed by atoms with Crippen LogP contribution in [0.1, 0.15) is 90.7 Å². The molecule has 0 saturated heterocycles. The van der Waals surface area contributed by atoms with Gasteiger partial charge in [-0.25, -0.2) is 0 Å². The smallest absolute Gasteiger partial charge is 0.217 e. The average Bonchev–Trinajstić information content (AvgIpc) is 2.91. The zero-order valence-corrected chi connectivity index (χ0v) is 23.9. The highest BCUT2D eigenvalue weighted by Crippen LogP contribution is 2.31. The quantitative estimate of drug-likeness (QED) is 0.244. The molecular formula is C33H39ClN2O2. The van der Waals surface area contributed by atoms with Crippen LogP contribution in [-0.4, -0.2) is 16.7 Å². The molecule has 3 atom stereocenters. The van der Waals surface area contributed by atoms with Crippen molar-refractivity contribution in [3.8, 4) is 0 Å². The molecule has 38 heavy (non-hydrogen) atoms. The topological polar surface area (TPSA) is 59.1 Å². The fourth-order valence-electron chi connectivity index (χ4n) is 4.64. The second kappa shape index (κ2) is 13.5. The van der Waals surface area contributed by atoms with E-state index < -0.39 is 0 Å².